The van der Waals surface area contributed by atoms with Gasteiger partial charge in [-0.1, -0.05) is 20.3 Å². The Hall–Kier alpha value is -0.880. The number of aromatic nitrogens is 2. The molecule has 1 aromatic heterocycles. The first-order valence-corrected chi connectivity index (χ1v) is 9.75. The Morgan fingerprint density at radius 1 is 1.43 bits per heavy atom. The topological polar surface area (TPSA) is 64.0 Å². The standard InChI is InChI=1S/C15H27N3O2S/c1-3-9-18-10-8-17-15(18)12-13(16-4-2)14-7-5-6-11-21(14,19)20/h8,10,13-14,16H,3-7,9,11-12H2,1-2H3. The number of aryl methyl sites for hydroxylation is 1. The maximum Gasteiger partial charge on any atom is 0.154 e. The Bertz CT molecular complexity index is 539. The van der Waals surface area contributed by atoms with E-state index in [0.717, 1.165) is 44.6 Å². The third-order valence-electron chi connectivity index (χ3n) is 4.21. The van der Waals surface area contributed by atoms with Crippen LogP contribution in [0.2, 0.25) is 0 Å². The van der Waals surface area contributed by atoms with Crippen LogP contribution in [-0.4, -0.2) is 41.6 Å². The summed E-state index contributed by atoms with van der Waals surface area (Å²) in [4.78, 5) is 4.43. The second kappa shape index (κ2) is 7.40. The lowest BCUT2D eigenvalue weighted by atomic mass is 10.0. The van der Waals surface area contributed by atoms with Crippen molar-refractivity contribution in [1.29, 1.82) is 0 Å². The molecule has 1 aromatic rings. The first kappa shape index (κ1) is 16.5. The van der Waals surface area contributed by atoms with E-state index in [4.69, 9.17) is 0 Å². The normalized spacial score (nSPS) is 23.0. The lowest BCUT2D eigenvalue weighted by Crippen LogP contribution is -2.48. The largest absolute Gasteiger partial charge is 0.335 e. The minimum absolute atomic E-state index is 0.0293. The van der Waals surface area contributed by atoms with E-state index in [1.165, 1.54) is 0 Å². The molecule has 1 N–H and O–H groups in total. The number of hydrogen-bond donors (Lipinski definition) is 1. The van der Waals surface area contributed by atoms with E-state index in [-0.39, 0.29) is 11.3 Å². The van der Waals surface area contributed by atoms with Crippen molar-refractivity contribution in [2.24, 2.45) is 0 Å². The fraction of sp³-hybridized carbons (Fsp3) is 0.800. The summed E-state index contributed by atoms with van der Waals surface area (Å²) < 4.78 is 26.9. The molecular formula is C15H27N3O2S. The molecule has 1 saturated heterocycles. The predicted octanol–water partition coefficient (Wildman–Crippen LogP) is 1.78. The van der Waals surface area contributed by atoms with Gasteiger partial charge in [0.25, 0.3) is 0 Å². The fourth-order valence-electron chi connectivity index (χ4n) is 3.20. The van der Waals surface area contributed by atoms with E-state index in [0.29, 0.717) is 12.2 Å². The van der Waals surface area contributed by atoms with Gasteiger partial charge in [-0.2, -0.15) is 0 Å². The first-order valence-electron chi connectivity index (χ1n) is 8.03. The third kappa shape index (κ3) is 4.07. The molecule has 2 atom stereocenters. The van der Waals surface area contributed by atoms with Crippen LogP contribution in [0.4, 0.5) is 0 Å². The molecule has 2 unspecified atom stereocenters. The van der Waals surface area contributed by atoms with Gasteiger partial charge in [0.1, 0.15) is 5.82 Å². The number of likely N-dealkylation sites (N-methyl/N-ethyl adjacent to an activating group) is 1. The molecular weight excluding hydrogens is 286 g/mol. The Labute approximate surface area is 128 Å². The van der Waals surface area contributed by atoms with E-state index < -0.39 is 9.84 Å². The van der Waals surface area contributed by atoms with Gasteiger partial charge in [-0.3, -0.25) is 0 Å². The van der Waals surface area contributed by atoms with Gasteiger partial charge < -0.3 is 9.88 Å². The Morgan fingerprint density at radius 2 is 2.24 bits per heavy atom. The predicted molar refractivity (Wildman–Crippen MR) is 85.1 cm³/mol. The molecule has 0 saturated carbocycles. The molecule has 1 aliphatic heterocycles. The Kier molecular flexibility index (Phi) is 5.81. The summed E-state index contributed by atoms with van der Waals surface area (Å²) in [5, 5.41) is 3.12. The number of imidazole rings is 1. The van der Waals surface area contributed by atoms with Crippen molar-refractivity contribution in [3.05, 3.63) is 18.2 Å². The van der Waals surface area contributed by atoms with Gasteiger partial charge in [0.05, 0.1) is 11.0 Å². The average molecular weight is 313 g/mol. The third-order valence-corrected chi connectivity index (χ3v) is 6.56. The number of sulfone groups is 1. The second-order valence-electron chi connectivity index (χ2n) is 5.81. The van der Waals surface area contributed by atoms with Gasteiger partial charge in [-0.15, -0.1) is 0 Å². The minimum atomic E-state index is -2.97. The van der Waals surface area contributed by atoms with Crippen molar-refractivity contribution in [2.75, 3.05) is 12.3 Å². The van der Waals surface area contributed by atoms with Crippen LogP contribution >= 0.6 is 0 Å². The van der Waals surface area contributed by atoms with Gasteiger partial charge in [0.2, 0.25) is 0 Å². The van der Waals surface area contributed by atoms with Crippen LogP contribution < -0.4 is 5.32 Å². The molecule has 0 aromatic carbocycles. The molecule has 0 bridgehead atoms. The number of rotatable bonds is 7. The van der Waals surface area contributed by atoms with E-state index in [1.54, 1.807) is 0 Å². The molecule has 120 valence electrons. The number of nitrogens with one attached hydrogen (secondary N) is 1. The molecule has 1 fully saturated rings. The Morgan fingerprint density at radius 3 is 2.90 bits per heavy atom. The lowest BCUT2D eigenvalue weighted by molar-refractivity contribution is 0.429. The van der Waals surface area contributed by atoms with Crippen molar-refractivity contribution in [1.82, 2.24) is 14.9 Å². The first-order chi connectivity index (χ1) is 10.1. The number of hydrogen-bond acceptors (Lipinski definition) is 4. The van der Waals surface area contributed by atoms with Gasteiger partial charge in [-0.25, -0.2) is 13.4 Å². The van der Waals surface area contributed by atoms with E-state index in [1.807, 2.05) is 19.3 Å². The SMILES string of the molecule is CCCn1ccnc1CC(NCC)C1CCCCS1(=O)=O. The summed E-state index contributed by atoms with van der Waals surface area (Å²) in [5.74, 6) is 1.33. The van der Waals surface area contributed by atoms with Gasteiger partial charge >= 0.3 is 0 Å². The van der Waals surface area contributed by atoms with Gasteiger partial charge in [0.15, 0.2) is 9.84 Å². The molecule has 2 rings (SSSR count). The van der Waals surface area contributed by atoms with Crippen LogP contribution in [0.1, 0.15) is 45.4 Å². The van der Waals surface area contributed by atoms with Crippen LogP contribution in [-0.2, 0) is 22.8 Å². The molecule has 5 nitrogen and oxygen atoms in total. The highest BCUT2D eigenvalue weighted by Gasteiger charge is 2.35. The van der Waals surface area contributed by atoms with Crippen molar-refractivity contribution in [2.45, 2.75) is 63.8 Å². The summed E-state index contributed by atoms with van der Waals surface area (Å²) in [5.41, 5.74) is 0. The average Bonchev–Trinajstić information content (AvgIpc) is 2.86. The molecule has 6 heteroatoms. The molecule has 2 heterocycles. The van der Waals surface area contributed by atoms with Crippen LogP contribution in [0.25, 0.3) is 0 Å². The molecule has 1 aliphatic rings. The van der Waals surface area contributed by atoms with E-state index >= 15 is 0 Å². The molecule has 0 aliphatic carbocycles. The van der Waals surface area contributed by atoms with Crippen molar-refractivity contribution in [3.8, 4) is 0 Å². The van der Waals surface area contributed by atoms with Crippen LogP contribution in [0, 0.1) is 0 Å². The van der Waals surface area contributed by atoms with Crippen LogP contribution in [0.15, 0.2) is 12.4 Å². The maximum absolute atomic E-state index is 12.4. The van der Waals surface area contributed by atoms with Gasteiger partial charge in [-0.05, 0) is 25.8 Å². The summed E-state index contributed by atoms with van der Waals surface area (Å²) in [6.45, 7) is 5.88. The molecule has 0 spiro atoms. The molecule has 0 amide bonds. The zero-order chi connectivity index (χ0) is 15.3. The molecule has 0 radical (unpaired) electrons. The summed E-state index contributed by atoms with van der Waals surface area (Å²) in [6, 6.07) is -0.0293. The second-order valence-corrected chi connectivity index (χ2v) is 8.15. The zero-order valence-electron chi connectivity index (χ0n) is 13.1. The molecule has 21 heavy (non-hydrogen) atoms. The summed E-state index contributed by atoms with van der Waals surface area (Å²) in [6.07, 6.45) is 8.12. The van der Waals surface area contributed by atoms with E-state index in [9.17, 15) is 8.42 Å². The summed E-state index contributed by atoms with van der Waals surface area (Å²) >= 11 is 0. The highest BCUT2D eigenvalue weighted by Crippen LogP contribution is 2.24. The lowest BCUT2D eigenvalue weighted by Gasteiger charge is -2.30. The van der Waals surface area contributed by atoms with Crippen molar-refractivity contribution >= 4 is 9.84 Å². The highest BCUT2D eigenvalue weighted by molar-refractivity contribution is 7.92. The highest BCUT2D eigenvalue weighted by atomic mass is 32.2. The fourth-order valence-corrected chi connectivity index (χ4v) is 5.33. The smallest absolute Gasteiger partial charge is 0.154 e. The quantitative estimate of drug-likeness (QED) is 0.833. The van der Waals surface area contributed by atoms with Crippen LogP contribution in [0.3, 0.4) is 0 Å². The van der Waals surface area contributed by atoms with Crippen molar-refractivity contribution in [3.63, 3.8) is 0 Å². The number of nitrogens with zero attached hydrogens (tertiary/aromatic N) is 2. The summed E-state index contributed by atoms with van der Waals surface area (Å²) in [7, 11) is -2.97. The minimum Gasteiger partial charge on any atom is -0.335 e. The van der Waals surface area contributed by atoms with Crippen LogP contribution in [0.5, 0.6) is 0 Å². The monoisotopic (exact) mass is 313 g/mol. The zero-order valence-corrected chi connectivity index (χ0v) is 13.9. The Balaban J connectivity index is 2.16. The van der Waals surface area contributed by atoms with Crippen molar-refractivity contribution < 1.29 is 8.42 Å². The van der Waals surface area contributed by atoms with E-state index in [2.05, 4.69) is 21.8 Å². The maximum atomic E-state index is 12.4. The van der Waals surface area contributed by atoms with Gasteiger partial charge in [0, 0.05) is 31.4 Å².